The molecule has 186 valence electrons. The third-order valence-corrected chi connectivity index (χ3v) is 7.49. The summed E-state index contributed by atoms with van der Waals surface area (Å²) >= 11 is 0. The van der Waals surface area contributed by atoms with Gasteiger partial charge in [0.1, 0.15) is 0 Å². The minimum Gasteiger partial charge on any atom is -0.466 e. The van der Waals surface area contributed by atoms with E-state index in [1.54, 1.807) is 7.11 Å². The summed E-state index contributed by atoms with van der Waals surface area (Å²) in [4.78, 5) is 30.4. The Kier molecular flexibility index (Phi) is 6.31. The van der Waals surface area contributed by atoms with Gasteiger partial charge in [-0.05, 0) is 67.5 Å². The normalized spacial score (nSPS) is 20.0. The molecule has 0 spiro atoms. The summed E-state index contributed by atoms with van der Waals surface area (Å²) < 4.78 is 10.7. The number of carbonyl (C=O) groups is 2. The molecule has 2 aromatic carbocycles. The molecular weight excluding hydrogens is 452 g/mol. The number of aromatic nitrogens is 1. The maximum Gasteiger partial charge on any atom is 0.336 e. The predicted molar refractivity (Wildman–Crippen MR) is 140 cm³/mol. The zero-order chi connectivity index (χ0) is 25.6. The first-order chi connectivity index (χ1) is 17.3. The third kappa shape index (κ3) is 3.95. The number of hydrogen-bond acceptors (Lipinski definition) is 5. The monoisotopic (exact) mass is 484 g/mol. The number of aromatic amines is 1. The summed E-state index contributed by atoms with van der Waals surface area (Å²) in [6.07, 6.45) is 2.97. The van der Waals surface area contributed by atoms with E-state index in [1.807, 2.05) is 30.5 Å². The van der Waals surface area contributed by atoms with Gasteiger partial charge in [-0.3, -0.25) is 4.79 Å². The zero-order valence-electron chi connectivity index (χ0n) is 21.5. The van der Waals surface area contributed by atoms with Gasteiger partial charge in [0.25, 0.3) is 0 Å². The molecular formula is C30H32N2O4. The van der Waals surface area contributed by atoms with Crippen LogP contribution in [-0.4, -0.2) is 37.6 Å². The number of carbonyl (C=O) groups excluding carboxylic acids is 2. The second kappa shape index (κ2) is 9.43. The summed E-state index contributed by atoms with van der Waals surface area (Å²) in [5.74, 6) is -0.870. The maximum atomic E-state index is 14.0. The number of aryl methyl sites for hydroxylation is 3. The number of fused-ring (bicyclic) bond motifs is 1. The van der Waals surface area contributed by atoms with Gasteiger partial charge in [-0.25, -0.2) is 4.79 Å². The van der Waals surface area contributed by atoms with Crippen LogP contribution in [0.1, 0.15) is 52.5 Å². The Bertz CT molecular complexity index is 1420. The van der Waals surface area contributed by atoms with Crippen molar-refractivity contribution in [2.24, 2.45) is 0 Å². The number of dihydropyridines is 1. The second-order valence-electron chi connectivity index (χ2n) is 9.89. The molecule has 2 aliphatic rings. The molecule has 2 N–H and O–H groups in total. The molecule has 0 fully saturated rings. The molecule has 0 saturated carbocycles. The highest BCUT2D eigenvalue weighted by Crippen LogP contribution is 2.48. The lowest BCUT2D eigenvalue weighted by atomic mass is 9.70. The molecule has 6 nitrogen and oxygen atoms in total. The van der Waals surface area contributed by atoms with Crippen molar-refractivity contribution in [2.45, 2.75) is 45.4 Å². The lowest BCUT2D eigenvalue weighted by Crippen LogP contribution is -2.38. The van der Waals surface area contributed by atoms with E-state index in [-0.39, 0.29) is 18.3 Å². The average Bonchev–Trinajstić information content (AvgIpc) is 3.31. The van der Waals surface area contributed by atoms with Crippen molar-refractivity contribution in [3.05, 3.63) is 93.0 Å². The molecule has 1 aromatic heterocycles. The molecule has 2 atom stereocenters. The van der Waals surface area contributed by atoms with Gasteiger partial charge in [0, 0.05) is 47.8 Å². The molecule has 2 unspecified atom stereocenters. The van der Waals surface area contributed by atoms with Crippen LogP contribution in [0.2, 0.25) is 0 Å². The molecule has 5 rings (SSSR count). The van der Waals surface area contributed by atoms with Crippen molar-refractivity contribution in [2.75, 3.05) is 20.8 Å². The largest absolute Gasteiger partial charge is 0.466 e. The molecule has 6 heteroatoms. The lowest BCUT2D eigenvalue weighted by Gasteiger charge is -2.38. The van der Waals surface area contributed by atoms with Crippen LogP contribution >= 0.6 is 0 Å². The van der Waals surface area contributed by atoms with Crippen LogP contribution in [0.25, 0.3) is 10.9 Å². The van der Waals surface area contributed by atoms with Crippen molar-refractivity contribution in [1.82, 2.24) is 10.3 Å². The summed E-state index contributed by atoms with van der Waals surface area (Å²) in [5.41, 5.74) is 9.34. The van der Waals surface area contributed by atoms with E-state index >= 15 is 0 Å². The van der Waals surface area contributed by atoms with Gasteiger partial charge in [0.05, 0.1) is 25.0 Å². The topological polar surface area (TPSA) is 80.4 Å². The van der Waals surface area contributed by atoms with Crippen molar-refractivity contribution in [3.63, 3.8) is 0 Å². The molecule has 0 amide bonds. The van der Waals surface area contributed by atoms with Crippen LogP contribution in [0, 0.1) is 20.8 Å². The molecule has 36 heavy (non-hydrogen) atoms. The van der Waals surface area contributed by atoms with Crippen LogP contribution in [0.3, 0.4) is 0 Å². The number of ketones is 1. The Hall–Kier alpha value is -3.64. The first-order valence-corrected chi connectivity index (χ1v) is 12.3. The van der Waals surface area contributed by atoms with E-state index in [0.29, 0.717) is 29.7 Å². The molecule has 1 aliphatic heterocycles. The SMILES string of the molecule is COCC1=C(C(=O)OC)C(c2cccc3[nH]ccc23)C2=C(CC(c3c(C)cc(C)cc3C)CC2=O)N1. The van der Waals surface area contributed by atoms with E-state index in [0.717, 1.165) is 22.2 Å². The van der Waals surface area contributed by atoms with E-state index < -0.39 is 11.9 Å². The minimum absolute atomic E-state index is 0.0588. The Morgan fingerprint density at radius 1 is 1.06 bits per heavy atom. The number of benzene rings is 2. The molecule has 1 aliphatic carbocycles. The van der Waals surface area contributed by atoms with Crippen LogP contribution in [0.15, 0.2) is 65.1 Å². The highest BCUT2D eigenvalue weighted by Gasteiger charge is 2.43. The quantitative estimate of drug-likeness (QED) is 0.483. The standard InChI is InChI=1S/C30H32N2O4/c1-16-11-17(2)26(18(3)12-16)19-13-23-28(25(33)14-19)27(21-7-6-8-22-20(21)9-10-31-22)29(30(34)36-5)24(32-23)15-35-4/h6-12,19,27,31-32H,13-15H2,1-5H3. The van der Waals surface area contributed by atoms with Gasteiger partial charge in [0.2, 0.25) is 0 Å². The number of Topliss-reactive ketones (excluding diaryl/α,β-unsaturated/α-hetero) is 1. The smallest absolute Gasteiger partial charge is 0.336 e. The highest BCUT2D eigenvalue weighted by molar-refractivity contribution is 6.05. The number of allylic oxidation sites excluding steroid dienone is 2. The van der Waals surface area contributed by atoms with Crippen molar-refractivity contribution < 1.29 is 19.1 Å². The molecule has 2 heterocycles. The van der Waals surface area contributed by atoms with Crippen LogP contribution in [0.4, 0.5) is 0 Å². The molecule has 3 aromatic rings. The molecule has 0 radical (unpaired) electrons. The third-order valence-electron chi connectivity index (χ3n) is 7.49. The Labute approximate surface area is 211 Å². The van der Waals surface area contributed by atoms with Crippen molar-refractivity contribution in [1.29, 1.82) is 0 Å². The van der Waals surface area contributed by atoms with Crippen molar-refractivity contribution >= 4 is 22.7 Å². The van der Waals surface area contributed by atoms with E-state index in [9.17, 15) is 9.59 Å². The average molecular weight is 485 g/mol. The number of esters is 1. The van der Waals surface area contributed by atoms with Crippen LogP contribution in [0.5, 0.6) is 0 Å². The van der Waals surface area contributed by atoms with Crippen LogP contribution in [-0.2, 0) is 19.1 Å². The summed E-state index contributed by atoms with van der Waals surface area (Å²) in [7, 11) is 2.97. The Morgan fingerprint density at radius 3 is 2.50 bits per heavy atom. The maximum absolute atomic E-state index is 14.0. The van der Waals surface area contributed by atoms with Gasteiger partial charge in [-0.15, -0.1) is 0 Å². The zero-order valence-corrected chi connectivity index (χ0v) is 21.5. The number of methoxy groups -OCH3 is 2. The fourth-order valence-corrected chi connectivity index (χ4v) is 6.27. The number of nitrogens with one attached hydrogen (secondary N) is 2. The van der Waals surface area contributed by atoms with Gasteiger partial charge >= 0.3 is 5.97 Å². The first-order valence-electron chi connectivity index (χ1n) is 12.3. The fourth-order valence-electron chi connectivity index (χ4n) is 6.27. The summed E-state index contributed by atoms with van der Waals surface area (Å²) in [6, 6.07) is 12.3. The Balaban J connectivity index is 1.70. The van der Waals surface area contributed by atoms with E-state index in [1.165, 1.54) is 29.4 Å². The van der Waals surface area contributed by atoms with Gasteiger partial charge < -0.3 is 19.8 Å². The number of H-pyrrole nitrogens is 1. The highest BCUT2D eigenvalue weighted by atomic mass is 16.5. The van der Waals surface area contributed by atoms with Crippen molar-refractivity contribution in [3.8, 4) is 0 Å². The lowest BCUT2D eigenvalue weighted by molar-refractivity contribution is -0.136. The predicted octanol–water partition coefficient (Wildman–Crippen LogP) is 5.25. The summed E-state index contributed by atoms with van der Waals surface area (Å²) in [6.45, 7) is 6.56. The first kappa shape index (κ1) is 24.1. The van der Waals surface area contributed by atoms with E-state index in [2.05, 4.69) is 43.2 Å². The van der Waals surface area contributed by atoms with Gasteiger partial charge in [-0.2, -0.15) is 0 Å². The second-order valence-corrected chi connectivity index (χ2v) is 9.89. The van der Waals surface area contributed by atoms with Gasteiger partial charge in [-0.1, -0.05) is 29.8 Å². The van der Waals surface area contributed by atoms with Gasteiger partial charge in [0.15, 0.2) is 5.78 Å². The molecule has 0 saturated heterocycles. The Morgan fingerprint density at radius 2 is 1.81 bits per heavy atom. The summed E-state index contributed by atoms with van der Waals surface area (Å²) in [5, 5.41) is 4.43. The van der Waals surface area contributed by atoms with E-state index in [4.69, 9.17) is 9.47 Å². The minimum atomic E-state index is -0.535. The number of ether oxygens (including phenoxy) is 2. The number of hydrogen-bond donors (Lipinski definition) is 2. The van der Waals surface area contributed by atoms with Crippen LogP contribution < -0.4 is 5.32 Å². The molecule has 0 bridgehead atoms. The number of rotatable bonds is 5. The fraction of sp³-hybridized carbons (Fsp3) is 0.333.